The Morgan fingerprint density at radius 3 is 3.05 bits per heavy atom. The number of nitrogens with one attached hydrogen (secondary N) is 1. The molecule has 0 aliphatic carbocycles. The highest BCUT2D eigenvalue weighted by Gasteiger charge is 2.21. The lowest BCUT2D eigenvalue weighted by Crippen LogP contribution is -2.30. The second-order valence-electron chi connectivity index (χ2n) is 5.51. The van der Waals surface area contributed by atoms with Crippen LogP contribution in [0.5, 0.6) is 0 Å². The molecule has 3 nitrogen and oxygen atoms in total. The number of hydrogen-bond donors (Lipinski definition) is 1. The summed E-state index contributed by atoms with van der Waals surface area (Å²) in [4.78, 5) is 4.91. The fraction of sp³-hybridized carbons (Fsp3) is 0.562. The molecule has 1 aliphatic heterocycles. The number of hydrogen-bond acceptors (Lipinski definition) is 2. The molecule has 19 heavy (non-hydrogen) atoms. The number of benzene rings is 1. The van der Waals surface area contributed by atoms with Crippen LogP contribution in [-0.2, 0) is 6.54 Å². The van der Waals surface area contributed by atoms with E-state index < -0.39 is 0 Å². The van der Waals surface area contributed by atoms with E-state index in [1.54, 1.807) is 0 Å². The van der Waals surface area contributed by atoms with Crippen molar-refractivity contribution in [1.82, 2.24) is 14.9 Å². The number of imidazole rings is 1. The first kappa shape index (κ1) is 12.7. The monoisotopic (exact) mass is 257 g/mol. The minimum absolute atomic E-state index is 0.581. The van der Waals surface area contributed by atoms with Gasteiger partial charge in [0.25, 0.3) is 0 Å². The van der Waals surface area contributed by atoms with Gasteiger partial charge in [0.1, 0.15) is 5.82 Å². The molecule has 0 saturated carbocycles. The summed E-state index contributed by atoms with van der Waals surface area (Å²) in [7, 11) is 0. The molecule has 1 aromatic carbocycles. The minimum Gasteiger partial charge on any atom is -0.328 e. The van der Waals surface area contributed by atoms with Gasteiger partial charge >= 0.3 is 0 Å². The molecular weight excluding hydrogens is 234 g/mol. The van der Waals surface area contributed by atoms with E-state index >= 15 is 0 Å². The predicted molar refractivity (Wildman–Crippen MR) is 79.5 cm³/mol. The second-order valence-corrected chi connectivity index (χ2v) is 5.51. The van der Waals surface area contributed by atoms with Gasteiger partial charge in [0.15, 0.2) is 0 Å². The number of fused-ring (bicyclic) bond motifs is 1. The smallest absolute Gasteiger partial charge is 0.114 e. The number of aryl methyl sites for hydroxylation is 1. The van der Waals surface area contributed by atoms with Gasteiger partial charge in [0.2, 0.25) is 0 Å². The number of aromatic nitrogens is 2. The Balaban J connectivity index is 2.00. The number of nitrogens with zero attached hydrogens (tertiary/aromatic N) is 2. The molecule has 1 aliphatic rings. The number of piperidine rings is 1. The lowest BCUT2D eigenvalue weighted by molar-refractivity contribution is 0.431. The molecule has 1 aromatic heterocycles. The van der Waals surface area contributed by atoms with Crippen LogP contribution in [0.3, 0.4) is 0 Å². The van der Waals surface area contributed by atoms with Crippen LogP contribution < -0.4 is 5.32 Å². The number of rotatable bonds is 4. The van der Waals surface area contributed by atoms with E-state index in [9.17, 15) is 0 Å². The van der Waals surface area contributed by atoms with Crippen LogP contribution in [0.15, 0.2) is 24.3 Å². The first-order valence-corrected chi connectivity index (χ1v) is 7.56. The molecule has 1 saturated heterocycles. The quantitative estimate of drug-likeness (QED) is 0.910. The zero-order valence-electron chi connectivity index (χ0n) is 11.7. The highest BCUT2D eigenvalue weighted by atomic mass is 15.1. The molecule has 2 aromatic rings. The summed E-state index contributed by atoms with van der Waals surface area (Å²) < 4.78 is 2.45. The second kappa shape index (κ2) is 5.74. The predicted octanol–water partition coefficient (Wildman–Crippen LogP) is 3.30. The van der Waals surface area contributed by atoms with Crippen LogP contribution in [-0.4, -0.2) is 22.6 Å². The van der Waals surface area contributed by atoms with E-state index in [1.165, 1.54) is 37.0 Å². The fourth-order valence-electron chi connectivity index (χ4n) is 3.03. The maximum absolute atomic E-state index is 4.91. The van der Waals surface area contributed by atoms with Crippen molar-refractivity contribution in [2.24, 2.45) is 0 Å². The third kappa shape index (κ3) is 2.52. The molecule has 0 amide bonds. The van der Waals surface area contributed by atoms with E-state index in [0.717, 1.165) is 25.2 Å². The van der Waals surface area contributed by atoms with Gasteiger partial charge in [-0.05, 0) is 37.9 Å². The van der Waals surface area contributed by atoms with E-state index in [4.69, 9.17) is 4.98 Å². The summed E-state index contributed by atoms with van der Waals surface area (Å²) >= 11 is 0. The standard InChI is InChI=1S/C16H23N3/c1-2-3-11-19-15-9-5-4-8-14(15)18-16(19)13-7-6-10-17-12-13/h4-5,8-9,13,17H,2-3,6-7,10-12H2,1H3. The maximum Gasteiger partial charge on any atom is 0.114 e. The average molecular weight is 257 g/mol. The van der Waals surface area contributed by atoms with Crippen molar-refractivity contribution < 1.29 is 0 Å². The van der Waals surface area contributed by atoms with Gasteiger partial charge < -0.3 is 9.88 Å². The topological polar surface area (TPSA) is 29.9 Å². The van der Waals surface area contributed by atoms with Gasteiger partial charge in [0, 0.05) is 19.0 Å². The first-order chi connectivity index (χ1) is 9.40. The van der Waals surface area contributed by atoms with Gasteiger partial charge in [-0.3, -0.25) is 0 Å². The van der Waals surface area contributed by atoms with E-state index in [-0.39, 0.29) is 0 Å². The van der Waals surface area contributed by atoms with Gasteiger partial charge in [-0.1, -0.05) is 25.5 Å². The van der Waals surface area contributed by atoms with Crippen molar-refractivity contribution in [3.05, 3.63) is 30.1 Å². The van der Waals surface area contributed by atoms with E-state index in [2.05, 4.69) is 41.1 Å². The summed E-state index contributed by atoms with van der Waals surface area (Å²) in [6.07, 6.45) is 4.99. The van der Waals surface area contributed by atoms with E-state index in [0.29, 0.717) is 5.92 Å². The van der Waals surface area contributed by atoms with Crippen molar-refractivity contribution >= 4 is 11.0 Å². The van der Waals surface area contributed by atoms with Gasteiger partial charge in [-0.15, -0.1) is 0 Å². The Hall–Kier alpha value is -1.35. The molecule has 0 radical (unpaired) electrons. The molecule has 1 atom stereocenters. The first-order valence-electron chi connectivity index (χ1n) is 7.56. The molecule has 1 N–H and O–H groups in total. The van der Waals surface area contributed by atoms with Crippen molar-refractivity contribution in [1.29, 1.82) is 0 Å². The Morgan fingerprint density at radius 1 is 1.37 bits per heavy atom. The molecule has 3 rings (SSSR count). The summed E-state index contributed by atoms with van der Waals surface area (Å²) in [5.74, 6) is 1.87. The zero-order chi connectivity index (χ0) is 13.1. The Morgan fingerprint density at radius 2 is 2.26 bits per heavy atom. The minimum atomic E-state index is 0.581. The SMILES string of the molecule is CCCCn1c(C2CCCNC2)nc2ccccc21. The Labute approximate surface area is 115 Å². The molecule has 102 valence electrons. The van der Waals surface area contributed by atoms with Crippen molar-refractivity contribution in [2.45, 2.75) is 45.1 Å². The van der Waals surface area contributed by atoms with Crippen LogP contribution in [0.1, 0.15) is 44.3 Å². The van der Waals surface area contributed by atoms with Crippen LogP contribution in [0, 0.1) is 0 Å². The van der Waals surface area contributed by atoms with Gasteiger partial charge in [-0.25, -0.2) is 4.98 Å². The summed E-state index contributed by atoms with van der Waals surface area (Å²) in [5.41, 5.74) is 2.45. The molecule has 2 heterocycles. The summed E-state index contributed by atoms with van der Waals surface area (Å²) in [5, 5.41) is 3.51. The Kier molecular flexibility index (Phi) is 3.83. The molecule has 3 heteroatoms. The number of para-hydroxylation sites is 2. The van der Waals surface area contributed by atoms with Gasteiger partial charge in [-0.2, -0.15) is 0 Å². The molecule has 1 unspecified atom stereocenters. The third-order valence-electron chi connectivity index (χ3n) is 4.08. The molecule has 0 bridgehead atoms. The van der Waals surface area contributed by atoms with Crippen LogP contribution in [0.4, 0.5) is 0 Å². The maximum atomic E-state index is 4.91. The van der Waals surface area contributed by atoms with Crippen LogP contribution in [0.25, 0.3) is 11.0 Å². The Bertz CT molecular complexity index is 538. The lowest BCUT2D eigenvalue weighted by Gasteiger charge is -2.23. The van der Waals surface area contributed by atoms with Crippen LogP contribution >= 0.6 is 0 Å². The highest BCUT2D eigenvalue weighted by Crippen LogP contribution is 2.27. The fourth-order valence-corrected chi connectivity index (χ4v) is 3.03. The highest BCUT2D eigenvalue weighted by molar-refractivity contribution is 5.76. The normalized spacial score (nSPS) is 19.9. The van der Waals surface area contributed by atoms with Crippen LogP contribution in [0.2, 0.25) is 0 Å². The largest absolute Gasteiger partial charge is 0.328 e. The van der Waals surface area contributed by atoms with Crippen molar-refractivity contribution in [3.63, 3.8) is 0 Å². The lowest BCUT2D eigenvalue weighted by atomic mass is 9.99. The molecule has 0 spiro atoms. The van der Waals surface area contributed by atoms with Crippen molar-refractivity contribution in [3.8, 4) is 0 Å². The number of unbranched alkanes of at least 4 members (excludes halogenated alkanes) is 1. The third-order valence-corrected chi connectivity index (χ3v) is 4.08. The summed E-state index contributed by atoms with van der Waals surface area (Å²) in [6, 6.07) is 8.55. The van der Waals surface area contributed by atoms with Gasteiger partial charge in [0.05, 0.1) is 11.0 Å². The zero-order valence-corrected chi connectivity index (χ0v) is 11.7. The summed E-state index contributed by atoms with van der Waals surface area (Å²) in [6.45, 7) is 5.59. The average Bonchev–Trinajstić information content (AvgIpc) is 2.85. The van der Waals surface area contributed by atoms with Crippen molar-refractivity contribution in [2.75, 3.05) is 13.1 Å². The molecular formula is C16H23N3. The van der Waals surface area contributed by atoms with E-state index in [1.807, 2.05) is 0 Å². The molecule has 1 fully saturated rings.